The number of unbranched alkanes of at least 4 members (excludes halogenated alkanes) is 2. The second-order valence-electron chi connectivity index (χ2n) is 4.02. The van der Waals surface area contributed by atoms with Crippen molar-refractivity contribution in [2.24, 2.45) is 0 Å². The van der Waals surface area contributed by atoms with Gasteiger partial charge < -0.3 is 0 Å². The van der Waals surface area contributed by atoms with E-state index in [1.807, 2.05) is 17.5 Å². The van der Waals surface area contributed by atoms with E-state index >= 15 is 0 Å². The van der Waals surface area contributed by atoms with Gasteiger partial charge >= 0.3 is 0 Å². The summed E-state index contributed by atoms with van der Waals surface area (Å²) in [5, 5.41) is 4.07. The Balaban J connectivity index is 2.11. The Labute approximate surface area is 110 Å². The fourth-order valence-corrected chi connectivity index (χ4v) is 3.60. The minimum atomic E-state index is 0.295. The average molecular weight is 264 g/mol. The molecule has 0 spiro atoms. The Morgan fingerprint density at radius 3 is 2.76 bits per heavy atom. The summed E-state index contributed by atoms with van der Waals surface area (Å²) < 4.78 is 0. The van der Waals surface area contributed by atoms with Crippen LogP contribution >= 0.6 is 22.7 Å². The Morgan fingerprint density at radius 2 is 2.06 bits per heavy atom. The van der Waals surface area contributed by atoms with Crippen LogP contribution in [-0.4, -0.2) is 5.78 Å². The van der Waals surface area contributed by atoms with Crippen molar-refractivity contribution in [3.05, 3.63) is 34.5 Å². The van der Waals surface area contributed by atoms with Gasteiger partial charge in [0.05, 0.1) is 4.88 Å². The van der Waals surface area contributed by atoms with Gasteiger partial charge in [-0.25, -0.2) is 0 Å². The predicted molar refractivity (Wildman–Crippen MR) is 76.1 cm³/mol. The number of ketones is 1. The second-order valence-corrected chi connectivity index (χ2v) is 5.88. The minimum Gasteiger partial charge on any atom is -0.294 e. The molecule has 0 saturated heterocycles. The molecule has 0 atom stereocenters. The van der Waals surface area contributed by atoms with Crippen molar-refractivity contribution in [3.63, 3.8) is 0 Å². The van der Waals surface area contributed by atoms with E-state index in [0.29, 0.717) is 12.2 Å². The number of rotatable bonds is 6. The molecule has 3 heteroatoms. The van der Waals surface area contributed by atoms with Gasteiger partial charge in [-0.2, -0.15) is 0 Å². The molecule has 17 heavy (non-hydrogen) atoms. The number of Topliss-reactive ketones (excluding diaryl/α,β-unsaturated/α-hetero) is 1. The summed E-state index contributed by atoms with van der Waals surface area (Å²) in [5.74, 6) is 0.295. The van der Waals surface area contributed by atoms with E-state index in [1.54, 1.807) is 22.7 Å². The third-order valence-corrected chi connectivity index (χ3v) is 4.68. The van der Waals surface area contributed by atoms with E-state index in [9.17, 15) is 4.79 Å². The van der Waals surface area contributed by atoms with Gasteiger partial charge in [0, 0.05) is 16.9 Å². The van der Waals surface area contributed by atoms with Gasteiger partial charge in [0.2, 0.25) is 0 Å². The third kappa shape index (κ3) is 3.05. The summed E-state index contributed by atoms with van der Waals surface area (Å²) >= 11 is 3.36. The average Bonchev–Trinajstić information content (AvgIpc) is 2.99. The zero-order valence-electron chi connectivity index (χ0n) is 9.94. The fourth-order valence-electron chi connectivity index (χ4n) is 1.80. The molecule has 0 aliphatic carbocycles. The lowest BCUT2D eigenvalue weighted by atomic mass is 10.1. The Bertz CT molecular complexity index is 468. The first-order valence-corrected chi connectivity index (χ1v) is 7.73. The topological polar surface area (TPSA) is 17.1 Å². The van der Waals surface area contributed by atoms with E-state index in [4.69, 9.17) is 0 Å². The third-order valence-electron chi connectivity index (χ3n) is 2.72. The molecular weight excluding hydrogens is 248 g/mol. The molecule has 0 unspecified atom stereocenters. The van der Waals surface area contributed by atoms with Crippen LogP contribution in [0, 0.1) is 0 Å². The summed E-state index contributed by atoms with van der Waals surface area (Å²) in [6.45, 7) is 2.16. The molecule has 0 aliphatic heterocycles. The molecule has 0 amide bonds. The van der Waals surface area contributed by atoms with E-state index in [2.05, 4.69) is 18.4 Å². The monoisotopic (exact) mass is 264 g/mol. The first-order chi connectivity index (χ1) is 8.33. The van der Waals surface area contributed by atoms with Crippen molar-refractivity contribution >= 4 is 28.5 Å². The molecule has 2 aromatic heterocycles. The molecule has 2 rings (SSSR count). The van der Waals surface area contributed by atoms with Crippen LogP contribution in [-0.2, 0) is 0 Å². The van der Waals surface area contributed by atoms with Crippen LogP contribution in [0.2, 0.25) is 0 Å². The summed E-state index contributed by atoms with van der Waals surface area (Å²) in [6.07, 6.45) is 4.00. The number of carbonyl (C=O) groups excluding carboxylic acids is 1. The molecule has 2 aromatic rings. The highest BCUT2D eigenvalue weighted by Gasteiger charge is 2.14. The Hall–Kier alpha value is -0.930. The molecule has 0 aromatic carbocycles. The van der Waals surface area contributed by atoms with Crippen molar-refractivity contribution in [2.75, 3.05) is 0 Å². The van der Waals surface area contributed by atoms with Crippen molar-refractivity contribution in [2.45, 2.75) is 32.6 Å². The fraction of sp³-hybridized carbons (Fsp3) is 0.357. The highest BCUT2D eigenvalue weighted by atomic mass is 32.1. The van der Waals surface area contributed by atoms with Crippen LogP contribution < -0.4 is 0 Å². The molecule has 90 valence electrons. The van der Waals surface area contributed by atoms with Gasteiger partial charge in [0.1, 0.15) is 0 Å². The van der Waals surface area contributed by atoms with Crippen LogP contribution in [0.5, 0.6) is 0 Å². The van der Waals surface area contributed by atoms with Gasteiger partial charge in [-0.05, 0) is 29.3 Å². The lowest BCUT2D eigenvalue weighted by Crippen LogP contribution is -1.98. The van der Waals surface area contributed by atoms with Gasteiger partial charge in [0.15, 0.2) is 5.78 Å². The second kappa shape index (κ2) is 6.12. The zero-order valence-corrected chi connectivity index (χ0v) is 11.6. The molecule has 0 N–H and O–H groups in total. The van der Waals surface area contributed by atoms with E-state index in [1.165, 1.54) is 4.88 Å². The van der Waals surface area contributed by atoms with Crippen LogP contribution in [0.4, 0.5) is 0 Å². The van der Waals surface area contributed by atoms with Crippen molar-refractivity contribution in [3.8, 4) is 9.75 Å². The van der Waals surface area contributed by atoms with E-state index in [-0.39, 0.29) is 0 Å². The first kappa shape index (κ1) is 12.5. The Kier molecular flexibility index (Phi) is 4.51. The summed E-state index contributed by atoms with van der Waals surface area (Å²) in [4.78, 5) is 14.5. The van der Waals surface area contributed by atoms with Crippen LogP contribution in [0.15, 0.2) is 29.0 Å². The van der Waals surface area contributed by atoms with Gasteiger partial charge in [0.25, 0.3) is 0 Å². The van der Waals surface area contributed by atoms with E-state index in [0.717, 1.165) is 29.7 Å². The van der Waals surface area contributed by atoms with Gasteiger partial charge in [-0.3, -0.25) is 4.79 Å². The zero-order chi connectivity index (χ0) is 12.1. The number of carbonyl (C=O) groups is 1. The predicted octanol–water partition coefficient (Wildman–Crippen LogP) is 5.24. The summed E-state index contributed by atoms with van der Waals surface area (Å²) in [5.41, 5.74) is 0.911. The SMILES string of the molecule is CCCCCC(=O)c1ccsc1-c1cccs1. The summed E-state index contributed by atoms with van der Waals surface area (Å²) in [7, 11) is 0. The molecule has 2 heterocycles. The highest BCUT2D eigenvalue weighted by Crippen LogP contribution is 2.33. The normalized spacial score (nSPS) is 10.6. The molecular formula is C14H16OS2. The smallest absolute Gasteiger partial charge is 0.164 e. The van der Waals surface area contributed by atoms with Crippen LogP contribution in [0.3, 0.4) is 0 Å². The van der Waals surface area contributed by atoms with E-state index < -0.39 is 0 Å². The molecule has 0 fully saturated rings. The maximum absolute atomic E-state index is 12.1. The molecule has 0 aliphatic rings. The number of thiophene rings is 2. The number of hydrogen-bond acceptors (Lipinski definition) is 3. The molecule has 1 nitrogen and oxygen atoms in total. The van der Waals surface area contributed by atoms with Gasteiger partial charge in [-0.15, -0.1) is 22.7 Å². The van der Waals surface area contributed by atoms with Crippen molar-refractivity contribution < 1.29 is 4.79 Å². The largest absolute Gasteiger partial charge is 0.294 e. The lowest BCUT2D eigenvalue weighted by Gasteiger charge is -2.01. The quantitative estimate of drug-likeness (QED) is 0.515. The van der Waals surface area contributed by atoms with Crippen molar-refractivity contribution in [1.29, 1.82) is 0 Å². The van der Waals surface area contributed by atoms with Gasteiger partial charge in [-0.1, -0.05) is 25.8 Å². The summed E-state index contributed by atoms with van der Waals surface area (Å²) in [6, 6.07) is 6.08. The molecule has 0 saturated carbocycles. The molecule has 0 radical (unpaired) electrons. The highest BCUT2D eigenvalue weighted by molar-refractivity contribution is 7.20. The number of hydrogen-bond donors (Lipinski definition) is 0. The maximum Gasteiger partial charge on any atom is 0.164 e. The van der Waals surface area contributed by atoms with Crippen LogP contribution in [0.1, 0.15) is 43.0 Å². The Morgan fingerprint density at radius 1 is 1.18 bits per heavy atom. The van der Waals surface area contributed by atoms with Crippen molar-refractivity contribution in [1.82, 2.24) is 0 Å². The van der Waals surface area contributed by atoms with Crippen LogP contribution in [0.25, 0.3) is 9.75 Å². The maximum atomic E-state index is 12.1. The lowest BCUT2D eigenvalue weighted by molar-refractivity contribution is 0.0980. The first-order valence-electron chi connectivity index (χ1n) is 5.97. The standard InChI is InChI=1S/C14H16OS2/c1-2-3-4-6-12(15)11-8-10-17-14(11)13-7-5-9-16-13/h5,7-10H,2-4,6H2,1H3. The minimum absolute atomic E-state index is 0.295. The molecule has 0 bridgehead atoms.